The smallest absolute Gasteiger partial charge is 0.137 e. The van der Waals surface area contributed by atoms with Crippen molar-refractivity contribution in [2.45, 2.75) is 0 Å². The molecule has 254 valence electrons. The second-order valence-electron chi connectivity index (χ2n) is 13.7. The summed E-state index contributed by atoms with van der Waals surface area (Å²) in [5.41, 5.74) is 12.7. The van der Waals surface area contributed by atoms with Gasteiger partial charge in [-0.15, -0.1) is 0 Å². The fourth-order valence-electron chi connectivity index (χ4n) is 8.06. The number of aromatic nitrogens is 1. The van der Waals surface area contributed by atoms with Gasteiger partial charge in [0, 0.05) is 49.9 Å². The molecule has 4 nitrogen and oxygen atoms in total. The van der Waals surface area contributed by atoms with Gasteiger partial charge in [0.1, 0.15) is 22.5 Å². The van der Waals surface area contributed by atoms with Crippen molar-refractivity contribution in [3.05, 3.63) is 194 Å². The van der Waals surface area contributed by atoms with E-state index >= 15 is 0 Å². The zero-order chi connectivity index (χ0) is 35.6. The standard InChI is InChI=1S/C50H32N2O2/c1-2-10-33(11-3-1)34-18-22-37(23-19-34)51(38-24-20-35(21-25-38)48-32-36-12-4-8-16-45(36)53-48)39-26-28-40(29-27-39)52-44-15-7-5-13-41(44)42-30-31-47-49(50(42)52)43-14-6-9-17-46(43)54-47/h1-32H. The zero-order valence-electron chi connectivity index (χ0n) is 29.2. The van der Waals surface area contributed by atoms with Crippen molar-refractivity contribution in [1.29, 1.82) is 0 Å². The van der Waals surface area contributed by atoms with Gasteiger partial charge < -0.3 is 18.3 Å². The summed E-state index contributed by atoms with van der Waals surface area (Å²) in [6.45, 7) is 0. The lowest BCUT2D eigenvalue weighted by molar-refractivity contribution is 0.631. The number of para-hydroxylation sites is 3. The number of rotatable bonds is 6. The Bertz CT molecular complexity index is 3100. The van der Waals surface area contributed by atoms with Crippen LogP contribution in [0, 0.1) is 0 Å². The Morgan fingerprint density at radius 3 is 1.72 bits per heavy atom. The molecule has 0 radical (unpaired) electrons. The highest BCUT2D eigenvalue weighted by Gasteiger charge is 2.20. The van der Waals surface area contributed by atoms with Crippen molar-refractivity contribution in [3.63, 3.8) is 0 Å². The van der Waals surface area contributed by atoms with Gasteiger partial charge in [0.05, 0.1) is 16.4 Å². The first-order chi connectivity index (χ1) is 26.8. The summed E-state index contributed by atoms with van der Waals surface area (Å²) in [4.78, 5) is 2.31. The van der Waals surface area contributed by atoms with Gasteiger partial charge in [-0.25, -0.2) is 0 Å². The molecule has 0 amide bonds. The molecule has 3 heterocycles. The highest BCUT2D eigenvalue weighted by atomic mass is 16.3. The highest BCUT2D eigenvalue weighted by Crippen LogP contribution is 2.42. The fourth-order valence-corrected chi connectivity index (χ4v) is 8.06. The molecular formula is C50H32N2O2. The van der Waals surface area contributed by atoms with E-state index in [1.807, 2.05) is 30.3 Å². The van der Waals surface area contributed by atoms with Crippen LogP contribution in [-0.2, 0) is 0 Å². The van der Waals surface area contributed by atoms with Crippen LogP contribution >= 0.6 is 0 Å². The number of anilines is 3. The normalized spacial score (nSPS) is 11.7. The number of benzene rings is 8. The summed E-state index contributed by atoms with van der Waals surface area (Å²) < 4.78 is 15.0. The number of furan rings is 2. The fraction of sp³-hybridized carbons (Fsp3) is 0. The molecule has 0 N–H and O–H groups in total. The van der Waals surface area contributed by atoms with Crippen LogP contribution in [0.2, 0.25) is 0 Å². The van der Waals surface area contributed by atoms with Crippen LogP contribution in [0.3, 0.4) is 0 Å². The minimum atomic E-state index is 0.858. The minimum Gasteiger partial charge on any atom is -0.456 e. The molecule has 11 aromatic rings. The molecule has 0 bridgehead atoms. The molecule has 0 aliphatic heterocycles. The van der Waals surface area contributed by atoms with Gasteiger partial charge in [0.25, 0.3) is 0 Å². The predicted octanol–water partition coefficient (Wildman–Crippen LogP) is 14.2. The number of nitrogens with zero attached hydrogens (tertiary/aromatic N) is 2. The van der Waals surface area contributed by atoms with Crippen molar-refractivity contribution < 1.29 is 8.83 Å². The topological polar surface area (TPSA) is 34.5 Å². The molecule has 11 rings (SSSR count). The molecule has 54 heavy (non-hydrogen) atoms. The van der Waals surface area contributed by atoms with Gasteiger partial charge in [-0.2, -0.15) is 0 Å². The van der Waals surface area contributed by atoms with Crippen LogP contribution in [-0.4, -0.2) is 4.57 Å². The maximum Gasteiger partial charge on any atom is 0.137 e. The van der Waals surface area contributed by atoms with Crippen molar-refractivity contribution in [3.8, 4) is 28.1 Å². The Labute approximate surface area is 311 Å². The summed E-state index contributed by atoms with van der Waals surface area (Å²) in [5.74, 6) is 0.858. The monoisotopic (exact) mass is 692 g/mol. The van der Waals surface area contributed by atoms with E-state index in [1.165, 1.54) is 21.9 Å². The molecule has 0 atom stereocenters. The van der Waals surface area contributed by atoms with E-state index < -0.39 is 0 Å². The van der Waals surface area contributed by atoms with Crippen LogP contribution in [0.25, 0.3) is 82.9 Å². The van der Waals surface area contributed by atoms with E-state index in [1.54, 1.807) is 0 Å². The van der Waals surface area contributed by atoms with Gasteiger partial charge in [-0.1, -0.05) is 97.1 Å². The molecule has 0 fully saturated rings. The second-order valence-corrected chi connectivity index (χ2v) is 13.7. The van der Waals surface area contributed by atoms with E-state index in [4.69, 9.17) is 8.83 Å². The van der Waals surface area contributed by atoms with E-state index in [9.17, 15) is 0 Å². The highest BCUT2D eigenvalue weighted by molar-refractivity contribution is 6.24. The third kappa shape index (κ3) is 4.85. The lowest BCUT2D eigenvalue weighted by Crippen LogP contribution is -2.10. The lowest BCUT2D eigenvalue weighted by Gasteiger charge is -2.26. The summed E-state index contributed by atoms with van der Waals surface area (Å²) in [7, 11) is 0. The Morgan fingerprint density at radius 2 is 0.981 bits per heavy atom. The quantitative estimate of drug-likeness (QED) is 0.174. The third-order valence-corrected chi connectivity index (χ3v) is 10.6. The number of hydrogen-bond donors (Lipinski definition) is 0. The van der Waals surface area contributed by atoms with Gasteiger partial charge in [-0.3, -0.25) is 0 Å². The Balaban J connectivity index is 1.05. The average Bonchev–Trinajstić information content (AvgIpc) is 3.94. The van der Waals surface area contributed by atoms with Gasteiger partial charge in [0.2, 0.25) is 0 Å². The first kappa shape index (κ1) is 30.3. The Hall–Kier alpha value is -7.30. The second kappa shape index (κ2) is 12.1. The van der Waals surface area contributed by atoms with Gasteiger partial charge >= 0.3 is 0 Å². The molecule has 3 aromatic heterocycles. The van der Waals surface area contributed by atoms with Crippen LogP contribution in [0.5, 0.6) is 0 Å². The maximum absolute atomic E-state index is 6.36. The van der Waals surface area contributed by atoms with Crippen LogP contribution in [0.1, 0.15) is 0 Å². The van der Waals surface area contributed by atoms with E-state index in [0.717, 1.165) is 78.0 Å². The summed E-state index contributed by atoms with van der Waals surface area (Å²) in [6.07, 6.45) is 0. The summed E-state index contributed by atoms with van der Waals surface area (Å²) >= 11 is 0. The summed E-state index contributed by atoms with van der Waals surface area (Å²) in [5, 5.41) is 5.77. The Kier molecular flexibility index (Phi) is 6.82. The molecule has 0 aliphatic carbocycles. The maximum atomic E-state index is 6.36. The van der Waals surface area contributed by atoms with Crippen LogP contribution < -0.4 is 4.90 Å². The lowest BCUT2D eigenvalue weighted by atomic mass is 10.0. The molecule has 0 spiro atoms. The van der Waals surface area contributed by atoms with Gasteiger partial charge in [0.15, 0.2) is 0 Å². The van der Waals surface area contributed by atoms with Crippen LogP contribution in [0.15, 0.2) is 203 Å². The largest absolute Gasteiger partial charge is 0.456 e. The first-order valence-electron chi connectivity index (χ1n) is 18.3. The molecule has 0 aliphatic rings. The van der Waals surface area contributed by atoms with Crippen molar-refractivity contribution in [2.75, 3.05) is 4.90 Å². The van der Waals surface area contributed by atoms with Crippen molar-refractivity contribution >= 4 is 71.8 Å². The molecule has 0 unspecified atom stereocenters. The van der Waals surface area contributed by atoms with E-state index in [-0.39, 0.29) is 0 Å². The molecule has 0 saturated heterocycles. The average molecular weight is 693 g/mol. The molecule has 4 heteroatoms. The van der Waals surface area contributed by atoms with Crippen molar-refractivity contribution in [1.82, 2.24) is 4.57 Å². The summed E-state index contributed by atoms with van der Waals surface area (Å²) in [6, 6.07) is 68.4. The SMILES string of the molecule is c1ccc(-c2ccc(N(c3ccc(-c4cc5ccccc5o4)cc3)c3ccc(-n4c5ccccc5c5ccc6oc7ccccc7c6c54)cc3)cc2)cc1. The number of hydrogen-bond acceptors (Lipinski definition) is 3. The first-order valence-corrected chi connectivity index (χ1v) is 18.3. The number of fused-ring (bicyclic) bond motifs is 8. The van der Waals surface area contributed by atoms with E-state index in [0.29, 0.717) is 0 Å². The molecule has 8 aromatic carbocycles. The minimum absolute atomic E-state index is 0.858. The molecule has 0 saturated carbocycles. The molecular weight excluding hydrogens is 661 g/mol. The van der Waals surface area contributed by atoms with Gasteiger partial charge in [-0.05, 0) is 108 Å². The zero-order valence-corrected chi connectivity index (χ0v) is 29.2. The van der Waals surface area contributed by atoms with Crippen molar-refractivity contribution in [2.24, 2.45) is 0 Å². The van der Waals surface area contributed by atoms with E-state index in [2.05, 4.69) is 173 Å². The Morgan fingerprint density at radius 1 is 0.389 bits per heavy atom. The predicted molar refractivity (Wildman–Crippen MR) is 223 cm³/mol. The third-order valence-electron chi connectivity index (χ3n) is 10.6. The van der Waals surface area contributed by atoms with Crippen LogP contribution in [0.4, 0.5) is 17.1 Å².